The van der Waals surface area contributed by atoms with E-state index in [0.29, 0.717) is 0 Å². The summed E-state index contributed by atoms with van der Waals surface area (Å²) in [5.41, 5.74) is 0. The number of ether oxygens (including phenoxy) is 1. The van der Waals surface area contributed by atoms with E-state index in [-0.39, 0.29) is 145 Å². The average molecular weight is 829 g/mol. The normalized spacial score (nSPS) is 36.9. The topological polar surface area (TPSA) is 69.9 Å². The fourth-order valence-corrected chi connectivity index (χ4v) is 1.09. The van der Waals surface area contributed by atoms with Crippen LogP contribution in [0.5, 0.6) is 0 Å². The third-order valence-corrected chi connectivity index (χ3v) is 1.78. The molecule has 0 aromatic heterocycles. The van der Waals surface area contributed by atoms with Gasteiger partial charge >= 0.3 is 0 Å². The Balaban J connectivity index is -0.000000333. The smallest absolute Gasteiger partial charge is 0.111 e. The van der Waals surface area contributed by atoms with Gasteiger partial charge in [-0.05, 0) is 6.92 Å². The molecule has 3 radical (unpaired) electrons. The molecule has 0 saturated carbocycles. The Hall–Kier alpha value is 4.16. The van der Waals surface area contributed by atoms with Gasteiger partial charge in [0.2, 0.25) is 0 Å². The SMILES string of the molecule is CC1OC(CO)[C@@H](O)[C@H]1O.[Ac].[Ac].[Ac]. The van der Waals surface area contributed by atoms with E-state index in [9.17, 15) is 0 Å². The Morgan fingerprint density at radius 1 is 1.08 bits per heavy atom. The number of aliphatic hydroxyl groups is 3. The van der Waals surface area contributed by atoms with E-state index in [4.69, 9.17) is 20.1 Å². The first-order chi connectivity index (χ1) is 4.66. The van der Waals surface area contributed by atoms with Crippen molar-refractivity contribution >= 4 is 0 Å². The average Bonchev–Trinajstić information content (AvgIpc) is 2.17. The zero-order valence-electron chi connectivity index (χ0n) is 7.50. The predicted molar refractivity (Wildman–Crippen MR) is 33.4 cm³/mol. The van der Waals surface area contributed by atoms with Gasteiger partial charge in [0.15, 0.2) is 0 Å². The molecule has 1 fully saturated rings. The molecule has 0 aromatic rings. The molecule has 0 aliphatic carbocycles. The van der Waals surface area contributed by atoms with Gasteiger partial charge < -0.3 is 20.1 Å². The summed E-state index contributed by atoms with van der Waals surface area (Å²) < 4.78 is 4.98. The molecule has 3 N–H and O–H groups in total. The van der Waals surface area contributed by atoms with Crippen LogP contribution < -0.4 is 0 Å². The molecule has 0 aromatic carbocycles. The third-order valence-electron chi connectivity index (χ3n) is 1.78. The minimum atomic E-state index is -0.944. The van der Waals surface area contributed by atoms with E-state index in [1.807, 2.05) is 0 Å². The van der Waals surface area contributed by atoms with Crippen LogP contribution in [-0.4, -0.2) is 46.3 Å². The predicted octanol–water partition coefficient (Wildman–Crippen LogP) is -1.51. The van der Waals surface area contributed by atoms with Gasteiger partial charge in [-0.3, -0.25) is 0 Å². The molecule has 0 spiro atoms. The van der Waals surface area contributed by atoms with E-state index in [1.165, 1.54) is 0 Å². The molecule has 1 rings (SSSR count). The summed E-state index contributed by atoms with van der Waals surface area (Å²) in [6, 6.07) is 0. The molecule has 4 atom stereocenters. The van der Waals surface area contributed by atoms with Crippen molar-refractivity contribution < 1.29 is 152 Å². The van der Waals surface area contributed by atoms with Gasteiger partial charge in [0.25, 0.3) is 0 Å². The molecule has 0 amide bonds. The second kappa shape index (κ2) is 11.3. The molecule has 13 heavy (non-hydrogen) atoms. The largest absolute Gasteiger partial charge is 0.394 e. The van der Waals surface area contributed by atoms with Crippen LogP contribution in [0.15, 0.2) is 0 Å². The second-order valence-corrected chi connectivity index (χ2v) is 2.54. The van der Waals surface area contributed by atoms with Gasteiger partial charge in [0.05, 0.1) is 12.7 Å². The van der Waals surface area contributed by atoms with Gasteiger partial charge in [-0.2, -0.15) is 0 Å². The van der Waals surface area contributed by atoms with Crippen LogP contribution in [-0.2, 0) is 4.74 Å². The van der Waals surface area contributed by atoms with Gasteiger partial charge in [0.1, 0.15) is 18.3 Å². The van der Waals surface area contributed by atoms with E-state index in [0.717, 1.165) is 0 Å². The van der Waals surface area contributed by atoms with Crippen molar-refractivity contribution in [1.29, 1.82) is 0 Å². The van der Waals surface area contributed by atoms with Crippen LogP contribution in [0.3, 0.4) is 0 Å². The van der Waals surface area contributed by atoms with Crippen molar-refractivity contribution in [2.24, 2.45) is 0 Å². The van der Waals surface area contributed by atoms with Crippen molar-refractivity contribution in [3.05, 3.63) is 0 Å². The summed E-state index contributed by atoms with van der Waals surface area (Å²) in [5.74, 6) is 0. The summed E-state index contributed by atoms with van der Waals surface area (Å²) in [6.45, 7) is 1.41. The Labute approximate surface area is 185 Å². The van der Waals surface area contributed by atoms with Crippen molar-refractivity contribution in [2.75, 3.05) is 6.61 Å². The molecule has 1 aliphatic heterocycles. The molecule has 1 aliphatic rings. The first kappa shape index (κ1) is 22.4. The number of hydrogen-bond donors (Lipinski definition) is 3. The van der Waals surface area contributed by atoms with E-state index < -0.39 is 18.3 Å². The second-order valence-electron chi connectivity index (χ2n) is 2.54. The molecule has 0 bridgehead atoms. The summed E-state index contributed by atoms with van der Waals surface area (Å²) in [5, 5.41) is 26.8. The number of rotatable bonds is 1. The van der Waals surface area contributed by atoms with Crippen LogP contribution >= 0.6 is 0 Å². The minimum Gasteiger partial charge on any atom is -0.394 e. The van der Waals surface area contributed by atoms with Crippen molar-refractivity contribution in [3.63, 3.8) is 0 Å². The van der Waals surface area contributed by atoms with Crippen LogP contribution in [0.25, 0.3) is 0 Å². The van der Waals surface area contributed by atoms with Crippen molar-refractivity contribution in [3.8, 4) is 0 Å². The molecule has 69 valence electrons. The first-order valence-electron chi connectivity index (χ1n) is 3.29. The Morgan fingerprint density at radius 3 is 1.69 bits per heavy atom. The Morgan fingerprint density at radius 2 is 1.54 bits per heavy atom. The van der Waals surface area contributed by atoms with Gasteiger partial charge in [-0.15, -0.1) is 0 Å². The molecule has 7 heteroatoms. The molecule has 4 nitrogen and oxygen atoms in total. The molecular weight excluding hydrogens is 817 g/mol. The summed E-state index contributed by atoms with van der Waals surface area (Å²) in [6.07, 6.45) is -2.81. The van der Waals surface area contributed by atoms with Crippen LogP contribution in [0.1, 0.15) is 6.92 Å². The van der Waals surface area contributed by atoms with Crippen molar-refractivity contribution in [1.82, 2.24) is 0 Å². The van der Waals surface area contributed by atoms with Gasteiger partial charge in [-0.1, -0.05) is 0 Å². The van der Waals surface area contributed by atoms with Crippen LogP contribution in [0.2, 0.25) is 0 Å². The van der Waals surface area contributed by atoms with Gasteiger partial charge in [0, 0.05) is 132 Å². The number of aliphatic hydroxyl groups excluding tert-OH is 3. The van der Waals surface area contributed by atoms with E-state index in [1.54, 1.807) is 6.92 Å². The quantitative estimate of drug-likeness (QED) is 0.301. The Bertz CT molecular complexity index is 126. The molecule has 1 heterocycles. The maximum atomic E-state index is 9.09. The Kier molecular flexibility index (Phi) is 19.4. The molecule has 2 unspecified atom stereocenters. The maximum absolute atomic E-state index is 9.09. The summed E-state index contributed by atoms with van der Waals surface area (Å²) >= 11 is 0. The third kappa shape index (κ3) is 6.60. The fourth-order valence-electron chi connectivity index (χ4n) is 1.09. The first-order valence-corrected chi connectivity index (χ1v) is 3.29. The fraction of sp³-hybridized carbons (Fsp3) is 1.00. The van der Waals surface area contributed by atoms with E-state index in [2.05, 4.69) is 0 Å². The maximum Gasteiger partial charge on any atom is 0.111 e. The standard InChI is InChI=1S/C6H12O4.3Ac/c1-3-5(8)6(9)4(2-7)10-3;;;/h3-9H,2H2,1H3;;;/t3?,4?,5-,6+;;;/m0.../s1. The zero-order chi connectivity index (χ0) is 7.72. The molecular formula is C6H12Ac3O4. The number of hydrogen-bond acceptors (Lipinski definition) is 4. The summed E-state index contributed by atoms with van der Waals surface area (Å²) in [7, 11) is 0. The van der Waals surface area contributed by atoms with Crippen LogP contribution in [0.4, 0.5) is 0 Å². The molecule has 1 saturated heterocycles. The van der Waals surface area contributed by atoms with E-state index >= 15 is 0 Å². The zero-order valence-corrected chi connectivity index (χ0v) is 21.7. The van der Waals surface area contributed by atoms with Crippen LogP contribution in [0, 0.1) is 132 Å². The monoisotopic (exact) mass is 829 g/mol. The van der Waals surface area contributed by atoms with Gasteiger partial charge in [-0.25, -0.2) is 0 Å². The van der Waals surface area contributed by atoms with Crippen molar-refractivity contribution in [2.45, 2.75) is 31.3 Å². The minimum absolute atomic E-state index is 0. The summed E-state index contributed by atoms with van der Waals surface area (Å²) in [4.78, 5) is 0.